The van der Waals surface area contributed by atoms with Crippen LogP contribution in [0.25, 0.3) is 22.8 Å². The highest BCUT2D eigenvalue weighted by Gasteiger charge is 2.23. The lowest BCUT2D eigenvalue weighted by molar-refractivity contribution is 0.104. The van der Waals surface area contributed by atoms with Crippen molar-refractivity contribution < 1.29 is 14.3 Å². The molecule has 0 aliphatic carbocycles. The molecule has 2 aromatic heterocycles. The molecule has 0 amide bonds. The Kier molecular flexibility index (Phi) is 5.29. The number of carbonyl (C=O) groups is 1. The van der Waals surface area contributed by atoms with Gasteiger partial charge in [-0.2, -0.15) is 5.10 Å². The Bertz CT molecular complexity index is 1420. The number of ether oxygens (including phenoxy) is 2. The Hall–Kier alpha value is -3.80. The molecule has 1 aliphatic rings. The molecule has 168 valence electrons. The summed E-state index contributed by atoms with van der Waals surface area (Å²) in [4.78, 5) is 13.5. The number of fused-ring (bicyclic) bond motifs is 4. The van der Waals surface area contributed by atoms with Crippen molar-refractivity contribution in [2.75, 3.05) is 6.61 Å². The molecule has 1 atom stereocenters. The molecule has 0 bridgehead atoms. The number of aromatic nitrogens is 3. The fourth-order valence-corrected chi connectivity index (χ4v) is 4.63. The molecule has 4 aromatic rings. The smallest absolute Gasteiger partial charge is 0.191 e. The minimum atomic E-state index is -0.104. The Morgan fingerprint density at radius 1 is 1.30 bits per heavy atom. The highest BCUT2D eigenvalue weighted by Crippen LogP contribution is 2.36. The van der Waals surface area contributed by atoms with Gasteiger partial charge < -0.3 is 14.0 Å². The number of imidazole rings is 1. The summed E-state index contributed by atoms with van der Waals surface area (Å²) in [5.41, 5.74) is 6.00. The number of para-hydroxylation sites is 2. The number of carbonyl (C=O) groups excluding carboxylic acids is 1. The zero-order valence-electron chi connectivity index (χ0n) is 19.2. The quantitative estimate of drug-likeness (QED) is 0.219. The minimum Gasteiger partial charge on any atom is -0.493 e. The fourth-order valence-electron chi connectivity index (χ4n) is 4.63. The highest BCUT2D eigenvalue weighted by molar-refractivity contribution is 6.12. The lowest BCUT2D eigenvalue weighted by Gasteiger charge is -2.10. The second-order valence-electron chi connectivity index (χ2n) is 8.34. The zero-order valence-corrected chi connectivity index (χ0v) is 19.2. The van der Waals surface area contributed by atoms with Crippen LogP contribution in [0, 0.1) is 6.92 Å². The summed E-state index contributed by atoms with van der Waals surface area (Å²) in [6, 6.07) is 12.0. The molecule has 1 unspecified atom stereocenters. The summed E-state index contributed by atoms with van der Waals surface area (Å²) in [6.45, 7) is 10.9. The van der Waals surface area contributed by atoms with Gasteiger partial charge in [0, 0.05) is 24.1 Å². The molecule has 0 radical (unpaired) electrons. The minimum absolute atomic E-state index is 0.104. The molecule has 0 saturated carbocycles. The van der Waals surface area contributed by atoms with Crippen LogP contribution in [0.4, 0.5) is 0 Å². The molecule has 3 heterocycles. The summed E-state index contributed by atoms with van der Waals surface area (Å²) in [7, 11) is 0. The van der Waals surface area contributed by atoms with E-state index in [0.717, 1.165) is 45.7 Å². The van der Waals surface area contributed by atoms with Crippen LogP contribution < -0.4 is 9.47 Å². The molecule has 0 fully saturated rings. The molecule has 33 heavy (non-hydrogen) atoms. The first kappa shape index (κ1) is 21.1. The maximum Gasteiger partial charge on any atom is 0.191 e. The van der Waals surface area contributed by atoms with E-state index in [0.29, 0.717) is 24.4 Å². The van der Waals surface area contributed by atoms with Gasteiger partial charge >= 0.3 is 0 Å². The van der Waals surface area contributed by atoms with Gasteiger partial charge in [0.2, 0.25) is 0 Å². The van der Waals surface area contributed by atoms with Gasteiger partial charge in [0.15, 0.2) is 5.78 Å². The van der Waals surface area contributed by atoms with E-state index in [1.165, 1.54) is 0 Å². The second-order valence-corrected chi connectivity index (χ2v) is 8.34. The van der Waals surface area contributed by atoms with Crippen LogP contribution in [0.3, 0.4) is 0 Å². The SMILES string of the molecule is C=CCn1c2ccccc2n2nc(C)c(C(=O)/C=C/c3cc4c(cc3OCC)CC(C)O4)c12. The average Bonchev–Trinajstić information content (AvgIpc) is 3.42. The molecule has 6 heteroatoms. The summed E-state index contributed by atoms with van der Waals surface area (Å²) in [6.07, 6.45) is 6.25. The number of aryl methyl sites for hydroxylation is 1. The van der Waals surface area contributed by atoms with Crippen molar-refractivity contribution in [2.24, 2.45) is 0 Å². The predicted molar refractivity (Wildman–Crippen MR) is 130 cm³/mol. The van der Waals surface area contributed by atoms with E-state index in [-0.39, 0.29) is 11.9 Å². The number of hydrogen-bond acceptors (Lipinski definition) is 4. The van der Waals surface area contributed by atoms with Crippen LogP contribution in [-0.2, 0) is 13.0 Å². The first-order valence-corrected chi connectivity index (χ1v) is 11.3. The van der Waals surface area contributed by atoms with Crippen LogP contribution >= 0.6 is 0 Å². The molecule has 0 spiro atoms. The van der Waals surface area contributed by atoms with E-state index in [9.17, 15) is 4.79 Å². The molecular formula is C27H27N3O3. The maximum absolute atomic E-state index is 13.5. The van der Waals surface area contributed by atoms with E-state index in [4.69, 9.17) is 9.47 Å². The third-order valence-corrected chi connectivity index (χ3v) is 5.99. The van der Waals surface area contributed by atoms with E-state index in [1.54, 1.807) is 6.08 Å². The first-order chi connectivity index (χ1) is 16.0. The summed E-state index contributed by atoms with van der Waals surface area (Å²) in [5, 5.41) is 4.68. The number of allylic oxidation sites excluding steroid dienone is 2. The van der Waals surface area contributed by atoms with Crippen LogP contribution in [-0.4, -0.2) is 32.7 Å². The van der Waals surface area contributed by atoms with E-state index >= 15 is 0 Å². The van der Waals surface area contributed by atoms with Gasteiger partial charge in [0.1, 0.15) is 23.3 Å². The predicted octanol–water partition coefficient (Wildman–Crippen LogP) is 5.40. The molecule has 0 saturated heterocycles. The summed E-state index contributed by atoms with van der Waals surface area (Å²) in [5.74, 6) is 1.51. The normalized spacial score (nSPS) is 15.3. The zero-order chi connectivity index (χ0) is 23.1. The van der Waals surface area contributed by atoms with E-state index in [1.807, 2.05) is 66.9 Å². The number of ketones is 1. The van der Waals surface area contributed by atoms with Crippen LogP contribution in [0.15, 0.2) is 55.1 Å². The van der Waals surface area contributed by atoms with Crippen molar-refractivity contribution >= 4 is 28.5 Å². The molecule has 2 aromatic carbocycles. The Labute approximate surface area is 192 Å². The lowest BCUT2D eigenvalue weighted by atomic mass is 10.0. The van der Waals surface area contributed by atoms with E-state index in [2.05, 4.69) is 23.2 Å². The van der Waals surface area contributed by atoms with Gasteiger partial charge in [-0.25, -0.2) is 4.52 Å². The molecule has 5 rings (SSSR count). The van der Waals surface area contributed by atoms with Gasteiger partial charge in [0.05, 0.1) is 28.9 Å². The monoisotopic (exact) mass is 441 g/mol. The summed E-state index contributed by atoms with van der Waals surface area (Å²) >= 11 is 0. The topological polar surface area (TPSA) is 57.8 Å². The third kappa shape index (κ3) is 3.52. The van der Waals surface area contributed by atoms with Gasteiger partial charge in [-0.1, -0.05) is 18.2 Å². The van der Waals surface area contributed by atoms with Crippen LogP contribution in [0.1, 0.15) is 41.0 Å². The standard InChI is InChI=1S/C27H27N3O3/c1-5-13-29-21-9-7-8-10-22(21)30-27(29)26(18(4)28-30)23(31)12-11-19-15-25-20(14-17(3)33-25)16-24(19)32-6-2/h5,7-12,15-17H,1,6,13-14H2,2-4H3/b12-11+. The van der Waals surface area contributed by atoms with E-state index < -0.39 is 0 Å². The van der Waals surface area contributed by atoms with Crippen molar-refractivity contribution in [3.63, 3.8) is 0 Å². The van der Waals surface area contributed by atoms with Crippen molar-refractivity contribution in [3.05, 3.63) is 77.5 Å². The Morgan fingerprint density at radius 2 is 2.09 bits per heavy atom. The third-order valence-electron chi connectivity index (χ3n) is 5.99. The van der Waals surface area contributed by atoms with Crippen molar-refractivity contribution in [1.82, 2.24) is 14.2 Å². The van der Waals surface area contributed by atoms with Crippen molar-refractivity contribution in [2.45, 2.75) is 39.8 Å². The van der Waals surface area contributed by atoms with Crippen molar-refractivity contribution in [1.29, 1.82) is 0 Å². The lowest BCUT2D eigenvalue weighted by Crippen LogP contribution is -2.05. The van der Waals surface area contributed by atoms with Gasteiger partial charge in [-0.3, -0.25) is 4.79 Å². The number of rotatable bonds is 7. The average molecular weight is 442 g/mol. The Balaban J connectivity index is 1.59. The molecule has 1 aliphatic heterocycles. The number of hydrogen-bond donors (Lipinski definition) is 0. The fraction of sp³-hybridized carbons (Fsp3) is 0.259. The maximum atomic E-state index is 13.5. The molecule has 6 nitrogen and oxygen atoms in total. The number of nitrogens with zero attached hydrogens (tertiary/aromatic N) is 3. The largest absolute Gasteiger partial charge is 0.493 e. The number of benzene rings is 2. The second kappa shape index (κ2) is 8.28. The van der Waals surface area contributed by atoms with Gasteiger partial charge in [-0.05, 0) is 57.2 Å². The molecular weight excluding hydrogens is 414 g/mol. The highest BCUT2D eigenvalue weighted by atomic mass is 16.5. The summed E-state index contributed by atoms with van der Waals surface area (Å²) < 4.78 is 15.7. The Morgan fingerprint density at radius 3 is 2.85 bits per heavy atom. The first-order valence-electron chi connectivity index (χ1n) is 11.3. The van der Waals surface area contributed by atoms with Crippen LogP contribution in [0.5, 0.6) is 11.5 Å². The van der Waals surface area contributed by atoms with Crippen LogP contribution in [0.2, 0.25) is 0 Å². The van der Waals surface area contributed by atoms with Gasteiger partial charge in [-0.15, -0.1) is 6.58 Å². The van der Waals surface area contributed by atoms with Crippen molar-refractivity contribution in [3.8, 4) is 11.5 Å². The molecule has 0 N–H and O–H groups in total. The van der Waals surface area contributed by atoms with Gasteiger partial charge in [0.25, 0.3) is 0 Å².